The highest BCUT2D eigenvalue weighted by molar-refractivity contribution is 5.77. The quantitative estimate of drug-likeness (QED) is 0.734. The number of ether oxygens (including phenoxy) is 1. The van der Waals surface area contributed by atoms with Gasteiger partial charge in [0.2, 0.25) is 0 Å². The molecule has 0 heterocycles. The van der Waals surface area contributed by atoms with E-state index in [4.69, 9.17) is 9.84 Å². The van der Waals surface area contributed by atoms with Gasteiger partial charge in [-0.25, -0.2) is 0 Å². The van der Waals surface area contributed by atoms with Crippen LogP contribution in [0.3, 0.4) is 0 Å². The Morgan fingerprint density at radius 3 is 2.13 bits per heavy atom. The highest BCUT2D eigenvalue weighted by atomic mass is 16.5. The van der Waals surface area contributed by atoms with Gasteiger partial charge >= 0.3 is 5.97 Å². The molecule has 0 saturated carbocycles. The molecule has 0 aromatic rings. The second-order valence-electron chi connectivity index (χ2n) is 5.00. The van der Waals surface area contributed by atoms with Gasteiger partial charge in [0.15, 0.2) is 0 Å². The molecule has 0 radical (unpaired) electrons. The molecule has 4 heteroatoms. The lowest BCUT2D eigenvalue weighted by molar-refractivity contribution is -0.149. The standard InChI is InChI=1S/C11H23NO3/c1-10(2,15-6)7-8-12(5)11(3,4)9(13)14/h7-8H2,1-6H3,(H,13,14). The maximum atomic E-state index is 11.0. The summed E-state index contributed by atoms with van der Waals surface area (Å²) in [5.41, 5.74) is -1.04. The first-order valence-corrected chi connectivity index (χ1v) is 5.13. The zero-order valence-corrected chi connectivity index (χ0v) is 10.6. The molecule has 0 aliphatic rings. The number of nitrogens with zero attached hydrogens (tertiary/aromatic N) is 1. The van der Waals surface area contributed by atoms with Gasteiger partial charge < -0.3 is 9.84 Å². The van der Waals surface area contributed by atoms with E-state index in [0.717, 1.165) is 6.42 Å². The van der Waals surface area contributed by atoms with Crippen LogP contribution in [0.25, 0.3) is 0 Å². The number of rotatable bonds is 6. The summed E-state index contributed by atoms with van der Waals surface area (Å²) in [6.07, 6.45) is 0.802. The van der Waals surface area contributed by atoms with Crippen LogP contribution in [0.1, 0.15) is 34.1 Å². The number of carboxylic acid groups (broad SMARTS) is 1. The largest absolute Gasteiger partial charge is 0.480 e. The van der Waals surface area contributed by atoms with Crippen molar-refractivity contribution in [1.29, 1.82) is 0 Å². The average molecular weight is 217 g/mol. The SMILES string of the molecule is COC(C)(C)CCN(C)C(C)(C)C(=O)O. The van der Waals surface area contributed by atoms with Crippen LogP contribution in [0.15, 0.2) is 0 Å². The van der Waals surface area contributed by atoms with Gasteiger partial charge in [-0.05, 0) is 41.2 Å². The van der Waals surface area contributed by atoms with E-state index in [2.05, 4.69) is 0 Å². The van der Waals surface area contributed by atoms with Gasteiger partial charge in [-0.2, -0.15) is 0 Å². The minimum atomic E-state index is -0.830. The monoisotopic (exact) mass is 217 g/mol. The number of likely N-dealkylation sites (N-methyl/N-ethyl adjacent to an activating group) is 1. The Labute approximate surface area is 92.2 Å². The molecule has 0 saturated heterocycles. The molecule has 0 amide bonds. The van der Waals surface area contributed by atoms with Crippen LogP contribution in [0, 0.1) is 0 Å². The third-order valence-electron chi connectivity index (χ3n) is 3.08. The van der Waals surface area contributed by atoms with Gasteiger partial charge in [0.1, 0.15) is 5.54 Å². The van der Waals surface area contributed by atoms with Gasteiger partial charge in [-0.1, -0.05) is 0 Å². The Morgan fingerprint density at radius 2 is 1.80 bits per heavy atom. The Balaban J connectivity index is 4.27. The molecule has 0 rings (SSSR count). The normalized spacial score (nSPS) is 13.3. The molecule has 0 bridgehead atoms. The molecular formula is C11H23NO3. The van der Waals surface area contributed by atoms with Crippen LogP contribution < -0.4 is 0 Å². The summed E-state index contributed by atoms with van der Waals surface area (Å²) in [6, 6.07) is 0. The maximum absolute atomic E-state index is 11.0. The zero-order chi connectivity index (χ0) is 12.3. The summed E-state index contributed by atoms with van der Waals surface area (Å²) in [5, 5.41) is 9.03. The second kappa shape index (κ2) is 4.94. The molecule has 0 fully saturated rings. The predicted molar refractivity (Wildman–Crippen MR) is 60.0 cm³/mol. The molecule has 0 aromatic heterocycles. The molecule has 0 aliphatic heterocycles. The molecule has 0 atom stereocenters. The first-order chi connectivity index (χ1) is 6.63. The molecule has 0 aliphatic carbocycles. The van der Waals surface area contributed by atoms with Crippen LogP contribution in [0.5, 0.6) is 0 Å². The van der Waals surface area contributed by atoms with Gasteiger partial charge in [0.25, 0.3) is 0 Å². The van der Waals surface area contributed by atoms with Gasteiger partial charge in [0.05, 0.1) is 5.60 Å². The van der Waals surface area contributed by atoms with E-state index in [-0.39, 0.29) is 5.60 Å². The van der Waals surface area contributed by atoms with Crippen molar-refractivity contribution in [1.82, 2.24) is 4.90 Å². The van der Waals surface area contributed by atoms with Crippen LogP contribution in [0.2, 0.25) is 0 Å². The maximum Gasteiger partial charge on any atom is 0.323 e. The van der Waals surface area contributed by atoms with E-state index >= 15 is 0 Å². The highest BCUT2D eigenvalue weighted by Crippen LogP contribution is 2.18. The Morgan fingerprint density at radius 1 is 1.33 bits per heavy atom. The highest BCUT2D eigenvalue weighted by Gasteiger charge is 2.32. The van der Waals surface area contributed by atoms with E-state index in [1.54, 1.807) is 21.0 Å². The molecule has 1 N–H and O–H groups in total. The van der Waals surface area contributed by atoms with Gasteiger partial charge in [0, 0.05) is 13.7 Å². The lowest BCUT2D eigenvalue weighted by Gasteiger charge is -2.34. The Hall–Kier alpha value is -0.610. The smallest absolute Gasteiger partial charge is 0.323 e. The topological polar surface area (TPSA) is 49.8 Å². The molecule has 15 heavy (non-hydrogen) atoms. The van der Waals surface area contributed by atoms with Crippen LogP contribution in [0.4, 0.5) is 0 Å². The number of carbonyl (C=O) groups is 1. The van der Waals surface area contributed by atoms with Crippen molar-refractivity contribution < 1.29 is 14.6 Å². The molecule has 4 nitrogen and oxygen atoms in total. The van der Waals surface area contributed by atoms with Crippen molar-refractivity contribution in [3.63, 3.8) is 0 Å². The minimum absolute atomic E-state index is 0.206. The van der Waals surface area contributed by atoms with Crippen LogP contribution >= 0.6 is 0 Å². The molecule has 0 spiro atoms. The molecule has 0 aromatic carbocycles. The third-order valence-corrected chi connectivity index (χ3v) is 3.08. The van der Waals surface area contributed by atoms with Crippen molar-refractivity contribution >= 4 is 5.97 Å². The van der Waals surface area contributed by atoms with E-state index in [9.17, 15) is 4.79 Å². The number of aliphatic carboxylic acids is 1. The lowest BCUT2D eigenvalue weighted by Crippen LogP contribution is -2.49. The van der Waals surface area contributed by atoms with Crippen LogP contribution in [-0.4, -0.2) is 47.8 Å². The Kier molecular flexibility index (Phi) is 4.74. The minimum Gasteiger partial charge on any atom is -0.480 e. The van der Waals surface area contributed by atoms with Crippen molar-refractivity contribution in [3.8, 4) is 0 Å². The summed E-state index contributed by atoms with van der Waals surface area (Å²) >= 11 is 0. The first-order valence-electron chi connectivity index (χ1n) is 5.13. The summed E-state index contributed by atoms with van der Waals surface area (Å²) in [5.74, 6) is -0.805. The van der Waals surface area contributed by atoms with Gasteiger partial charge in [-0.15, -0.1) is 0 Å². The van der Waals surface area contributed by atoms with E-state index in [0.29, 0.717) is 6.54 Å². The first kappa shape index (κ1) is 14.4. The summed E-state index contributed by atoms with van der Waals surface area (Å²) in [4.78, 5) is 12.8. The van der Waals surface area contributed by atoms with E-state index in [1.807, 2.05) is 25.8 Å². The fraction of sp³-hybridized carbons (Fsp3) is 0.909. The number of carboxylic acids is 1. The number of methoxy groups -OCH3 is 1. The predicted octanol–water partition coefficient (Wildman–Crippen LogP) is 1.60. The van der Waals surface area contributed by atoms with Crippen molar-refractivity contribution in [2.45, 2.75) is 45.3 Å². The van der Waals surface area contributed by atoms with Crippen molar-refractivity contribution in [2.75, 3.05) is 20.7 Å². The number of hydrogen-bond acceptors (Lipinski definition) is 3. The van der Waals surface area contributed by atoms with Crippen molar-refractivity contribution in [2.24, 2.45) is 0 Å². The molecule has 90 valence electrons. The Bertz CT molecular complexity index is 224. The summed E-state index contributed by atoms with van der Waals surface area (Å²) < 4.78 is 5.29. The molecular weight excluding hydrogens is 194 g/mol. The number of hydrogen-bond donors (Lipinski definition) is 1. The van der Waals surface area contributed by atoms with Gasteiger partial charge in [-0.3, -0.25) is 9.69 Å². The van der Waals surface area contributed by atoms with E-state index < -0.39 is 11.5 Å². The second-order valence-corrected chi connectivity index (χ2v) is 5.00. The summed E-state index contributed by atoms with van der Waals surface area (Å²) in [7, 11) is 3.49. The third kappa shape index (κ3) is 4.18. The van der Waals surface area contributed by atoms with E-state index in [1.165, 1.54) is 0 Å². The fourth-order valence-electron chi connectivity index (χ4n) is 0.982. The summed E-state index contributed by atoms with van der Waals surface area (Å²) in [6.45, 7) is 8.09. The average Bonchev–Trinajstić information content (AvgIpc) is 2.14. The van der Waals surface area contributed by atoms with Crippen LogP contribution in [-0.2, 0) is 9.53 Å². The zero-order valence-electron chi connectivity index (χ0n) is 10.6. The fourth-order valence-corrected chi connectivity index (χ4v) is 0.982. The molecule has 0 unspecified atom stereocenters. The van der Waals surface area contributed by atoms with Crippen molar-refractivity contribution in [3.05, 3.63) is 0 Å². The lowest BCUT2D eigenvalue weighted by atomic mass is 10.0.